The lowest BCUT2D eigenvalue weighted by atomic mass is 10.2. The molecule has 3 N–H and O–H groups in total. The number of unbranched alkanes of at least 4 members (excludes halogenated alkanes) is 2. The van der Waals surface area contributed by atoms with Gasteiger partial charge in [0.1, 0.15) is 0 Å². The molecule has 0 amide bonds. The Morgan fingerprint density at radius 2 is 2.17 bits per heavy atom. The van der Waals surface area contributed by atoms with Crippen molar-refractivity contribution in [3.05, 3.63) is 0 Å². The first-order valence-corrected chi connectivity index (χ1v) is 4.40. The van der Waals surface area contributed by atoms with Crippen LogP contribution < -0.4 is 11.3 Å². The van der Waals surface area contributed by atoms with Crippen molar-refractivity contribution < 1.29 is 9.53 Å². The van der Waals surface area contributed by atoms with E-state index in [2.05, 4.69) is 5.43 Å². The normalized spacial score (nSPS) is 9.83. The Morgan fingerprint density at radius 1 is 1.42 bits per heavy atom. The Bertz CT molecular complexity index is 118. The summed E-state index contributed by atoms with van der Waals surface area (Å²) < 4.78 is 4.77. The van der Waals surface area contributed by atoms with Gasteiger partial charge in [-0.2, -0.15) is 0 Å². The maximum Gasteiger partial charge on any atom is 0.305 e. The molecule has 0 atom stereocenters. The summed E-state index contributed by atoms with van der Waals surface area (Å²) in [6, 6.07) is 0. The van der Waals surface area contributed by atoms with Gasteiger partial charge in [0.05, 0.1) is 6.61 Å². The number of hydrogen-bond acceptors (Lipinski definition) is 4. The molecule has 0 saturated heterocycles. The third kappa shape index (κ3) is 7.50. The standard InChI is InChI=1S/C8H18N2O2/c1-2-12-8(11)6-4-3-5-7-10-9/h10H,2-7,9H2,1H3. The summed E-state index contributed by atoms with van der Waals surface area (Å²) in [5, 5.41) is 0. The summed E-state index contributed by atoms with van der Waals surface area (Å²) in [6.07, 6.45) is 3.44. The Balaban J connectivity index is 3.03. The quantitative estimate of drug-likeness (QED) is 0.256. The summed E-state index contributed by atoms with van der Waals surface area (Å²) in [5.74, 6) is 4.98. The van der Waals surface area contributed by atoms with Crippen molar-refractivity contribution in [2.75, 3.05) is 13.2 Å². The van der Waals surface area contributed by atoms with Crippen LogP contribution in [-0.2, 0) is 9.53 Å². The van der Waals surface area contributed by atoms with Crippen molar-refractivity contribution in [1.82, 2.24) is 5.43 Å². The van der Waals surface area contributed by atoms with Crippen molar-refractivity contribution in [2.24, 2.45) is 5.84 Å². The fraction of sp³-hybridized carbons (Fsp3) is 0.875. The van der Waals surface area contributed by atoms with Gasteiger partial charge in [-0.1, -0.05) is 6.42 Å². The smallest absolute Gasteiger partial charge is 0.305 e. The number of carbonyl (C=O) groups is 1. The van der Waals surface area contributed by atoms with Crippen molar-refractivity contribution in [1.29, 1.82) is 0 Å². The molecule has 0 fully saturated rings. The molecule has 4 heteroatoms. The molecule has 0 aromatic carbocycles. The van der Waals surface area contributed by atoms with Crippen LogP contribution in [0.1, 0.15) is 32.6 Å². The highest BCUT2D eigenvalue weighted by molar-refractivity contribution is 5.69. The molecule has 72 valence electrons. The van der Waals surface area contributed by atoms with Crippen molar-refractivity contribution in [3.8, 4) is 0 Å². The van der Waals surface area contributed by atoms with Gasteiger partial charge in [0.15, 0.2) is 0 Å². The van der Waals surface area contributed by atoms with Crippen LogP contribution in [-0.4, -0.2) is 19.1 Å². The second-order valence-electron chi connectivity index (χ2n) is 2.57. The Morgan fingerprint density at radius 3 is 2.75 bits per heavy atom. The van der Waals surface area contributed by atoms with Crippen molar-refractivity contribution >= 4 is 5.97 Å². The summed E-state index contributed by atoms with van der Waals surface area (Å²) in [6.45, 7) is 3.10. The molecular weight excluding hydrogens is 156 g/mol. The maximum atomic E-state index is 10.8. The third-order valence-corrected chi connectivity index (χ3v) is 1.51. The van der Waals surface area contributed by atoms with Gasteiger partial charge in [-0.25, -0.2) is 0 Å². The molecule has 0 aliphatic rings. The zero-order valence-corrected chi connectivity index (χ0v) is 7.64. The number of hydrazine groups is 1. The summed E-state index contributed by atoms with van der Waals surface area (Å²) in [4.78, 5) is 10.8. The molecule has 0 unspecified atom stereocenters. The lowest BCUT2D eigenvalue weighted by Gasteiger charge is -2.01. The van der Waals surface area contributed by atoms with Crippen LogP contribution in [0.5, 0.6) is 0 Å². The number of nitrogens with two attached hydrogens (primary N) is 1. The predicted octanol–water partition coefficient (Wildman–Crippen LogP) is 0.573. The molecule has 0 aromatic rings. The zero-order valence-electron chi connectivity index (χ0n) is 7.64. The number of hydrogen-bond donors (Lipinski definition) is 2. The minimum absolute atomic E-state index is 0.0989. The van der Waals surface area contributed by atoms with E-state index in [-0.39, 0.29) is 5.97 Å². The molecule has 0 aromatic heterocycles. The molecule has 0 bridgehead atoms. The summed E-state index contributed by atoms with van der Waals surface area (Å²) >= 11 is 0. The van der Waals surface area contributed by atoms with Gasteiger partial charge in [-0.05, 0) is 19.8 Å². The van der Waals surface area contributed by atoms with Crippen LogP contribution in [0.2, 0.25) is 0 Å². The van der Waals surface area contributed by atoms with E-state index in [0.29, 0.717) is 13.0 Å². The number of carbonyl (C=O) groups excluding carboxylic acids is 1. The molecule has 12 heavy (non-hydrogen) atoms. The SMILES string of the molecule is CCOC(=O)CCCCCNN. The van der Waals surface area contributed by atoms with E-state index in [4.69, 9.17) is 10.6 Å². The summed E-state index contributed by atoms with van der Waals surface area (Å²) in [5.41, 5.74) is 2.56. The van der Waals surface area contributed by atoms with E-state index in [0.717, 1.165) is 25.8 Å². The van der Waals surface area contributed by atoms with E-state index in [1.165, 1.54) is 0 Å². The van der Waals surface area contributed by atoms with Crippen molar-refractivity contribution in [3.63, 3.8) is 0 Å². The van der Waals surface area contributed by atoms with Crippen LogP contribution in [0.15, 0.2) is 0 Å². The van der Waals surface area contributed by atoms with E-state index < -0.39 is 0 Å². The fourth-order valence-corrected chi connectivity index (χ4v) is 0.906. The van der Waals surface area contributed by atoms with E-state index in [1.54, 1.807) is 0 Å². The van der Waals surface area contributed by atoms with Gasteiger partial charge in [0, 0.05) is 13.0 Å². The molecule has 0 rings (SSSR count). The van der Waals surface area contributed by atoms with Crippen molar-refractivity contribution in [2.45, 2.75) is 32.6 Å². The highest BCUT2D eigenvalue weighted by atomic mass is 16.5. The molecule has 0 aliphatic heterocycles. The maximum absolute atomic E-state index is 10.8. The molecule has 0 spiro atoms. The lowest BCUT2D eigenvalue weighted by Crippen LogP contribution is -2.22. The number of ether oxygens (including phenoxy) is 1. The van der Waals surface area contributed by atoms with E-state index >= 15 is 0 Å². The fourth-order valence-electron chi connectivity index (χ4n) is 0.906. The Labute approximate surface area is 73.4 Å². The topological polar surface area (TPSA) is 64.3 Å². The van der Waals surface area contributed by atoms with Crippen LogP contribution in [0.3, 0.4) is 0 Å². The molecule has 4 nitrogen and oxygen atoms in total. The van der Waals surface area contributed by atoms with Crippen LogP contribution >= 0.6 is 0 Å². The average Bonchev–Trinajstić information content (AvgIpc) is 2.05. The van der Waals surface area contributed by atoms with Crippen LogP contribution in [0.25, 0.3) is 0 Å². The molecule has 0 radical (unpaired) electrons. The minimum Gasteiger partial charge on any atom is -0.466 e. The number of rotatable bonds is 7. The first kappa shape index (κ1) is 11.4. The first-order valence-electron chi connectivity index (χ1n) is 4.40. The van der Waals surface area contributed by atoms with Gasteiger partial charge in [0.25, 0.3) is 0 Å². The Hall–Kier alpha value is -0.610. The van der Waals surface area contributed by atoms with Crippen LogP contribution in [0, 0.1) is 0 Å². The zero-order chi connectivity index (χ0) is 9.23. The minimum atomic E-state index is -0.0989. The van der Waals surface area contributed by atoms with Crippen LogP contribution in [0.4, 0.5) is 0 Å². The second-order valence-corrected chi connectivity index (χ2v) is 2.57. The van der Waals surface area contributed by atoms with E-state index in [1.807, 2.05) is 6.92 Å². The Kier molecular flexibility index (Phi) is 8.05. The summed E-state index contributed by atoms with van der Waals surface area (Å²) in [7, 11) is 0. The molecular formula is C8H18N2O2. The van der Waals surface area contributed by atoms with Gasteiger partial charge in [-0.15, -0.1) is 0 Å². The molecule has 0 heterocycles. The van der Waals surface area contributed by atoms with Gasteiger partial charge in [0.2, 0.25) is 0 Å². The van der Waals surface area contributed by atoms with Gasteiger partial charge in [-0.3, -0.25) is 16.1 Å². The highest BCUT2D eigenvalue weighted by Gasteiger charge is 1.99. The number of nitrogens with one attached hydrogen (secondary N) is 1. The monoisotopic (exact) mass is 174 g/mol. The second kappa shape index (κ2) is 8.49. The number of esters is 1. The largest absolute Gasteiger partial charge is 0.466 e. The highest BCUT2D eigenvalue weighted by Crippen LogP contribution is 2.00. The van der Waals surface area contributed by atoms with Gasteiger partial charge >= 0.3 is 5.97 Å². The molecule has 0 aliphatic carbocycles. The predicted molar refractivity (Wildman–Crippen MR) is 47.3 cm³/mol. The van der Waals surface area contributed by atoms with Gasteiger partial charge < -0.3 is 4.74 Å². The molecule has 0 saturated carbocycles. The first-order chi connectivity index (χ1) is 5.81. The average molecular weight is 174 g/mol. The lowest BCUT2D eigenvalue weighted by molar-refractivity contribution is -0.143. The third-order valence-electron chi connectivity index (χ3n) is 1.51. The van der Waals surface area contributed by atoms with E-state index in [9.17, 15) is 4.79 Å².